The van der Waals surface area contributed by atoms with E-state index in [0.717, 1.165) is 4.70 Å². The third kappa shape index (κ3) is 3.88. The first kappa shape index (κ1) is 19.9. The molecule has 0 unspecified atom stereocenters. The quantitative estimate of drug-likeness (QED) is 0.592. The molecule has 1 heterocycles. The van der Waals surface area contributed by atoms with E-state index in [2.05, 4.69) is 4.99 Å². The lowest BCUT2D eigenvalue weighted by Crippen LogP contribution is -2.22. The number of rotatable bonds is 5. The molecule has 0 aliphatic rings. The van der Waals surface area contributed by atoms with Gasteiger partial charge >= 0.3 is 5.97 Å². The van der Waals surface area contributed by atoms with Gasteiger partial charge in [-0.2, -0.15) is 4.99 Å². The van der Waals surface area contributed by atoms with E-state index >= 15 is 0 Å². The largest absolute Gasteiger partial charge is 0.497 e. The first-order valence-electron chi connectivity index (χ1n) is 8.14. The van der Waals surface area contributed by atoms with E-state index in [1.807, 2.05) is 6.07 Å². The number of carbonyl (C=O) groups is 2. The van der Waals surface area contributed by atoms with Gasteiger partial charge in [0, 0.05) is 6.07 Å². The second-order valence-electron chi connectivity index (χ2n) is 5.62. The van der Waals surface area contributed by atoms with Crippen molar-refractivity contribution in [3.05, 3.63) is 51.8 Å². The molecule has 0 aliphatic heterocycles. The number of thiazole rings is 1. The minimum absolute atomic E-state index is 0.119. The standard InChI is InChI=1S/C19H17ClN2O5S/c1-25-11-7-8-12(14(9-11)26-2)18(24)21-19-22(10-16(23)27-3)17-13(20)5-4-6-15(17)28-19/h4-9H,10H2,1-3H3. The fourth-order valence-corrected chi connectivity index (χ4v) is 4.02. The Morgan fingerprint density at radius 3 is 2.61 bits per heavy atom. The summed E-state index contributed by atoms with van der Waals surface area (Å²) < 4.78 is 17.6. The lowest BCUT2D eigenvalue weighted by atomic mass is 10.2. The van der Waals surface area contributed by atoms with Gasteiger partial charge < -0.3 is 18.8 Å². The van der Waals surface area contributed by atoms with Gasteiger partial charge in [-0.15, -0.1) is 0 Å². The van der Waals surface area contributed by atoms with Crippen molar-refractivity contribution in [2.24, 2.45) is 4.99 Å². The van der Waals surface area contributed by atoms with Crippen LogP contribution in [0.5, 0.6) is 11.5 Å². The van der Waals surface area contributed by atoms with E-state index in [1.54, 1.807) is 34.9 Å². The Morgan fingerprint density at radius 2 is 1.93 bits per heavy atom. The van der Waals surface area contributed by atoms with E-state index in [-0.39, 0.29) is 12.1 Å². The van der Waals surface area contributed by atoms with Gasteiger partial charge in [-0.25, -0.2) is 0 Å². The van der Waals surface area contributed by atoms with Crippen LogP contribution in [0.25, 0.3) is 10.2 Å². The molecule has 1 aromatic heterocycles. The molecule has 0 saturated heterocycles. The predicted molar refractivity (Wildman–Crippen MR) is 106 cm³/mol. The Bertz CT molecular complexity index is 1120. The van der Waals surface area contributed by atoms with Crippen LogP contribution in [0.1, 0.15) is 10.4 Å². The van der Waals surface area contributed by atoms with E-state index in [9.17, 15) is 9.59 Å². The van der Waals surface area contributed by atoms with Gasteiger partial charge in [0.2, 0.25) is 0 Å². The molecular formula is C19H17ClN2O5S. The number of hydrogen-bond acceptors (Lipinski definition) is 6. The molecule has 0 atom stereocenters. The van der Waals surface area contributed by atoms with Crippen LogP contribution < -0.4 is 14.3 Å². The number of ether oxygens (including phenoxy) is 3. The molecule has 2 aromatic carbocycles. The molecule has 3 rings (SSSR count). The zero-order chi connectivity index (χ0) is 20.3. The average molecular weight is 421 g/mol. The molecule has 3 aromatic rings. The Labute approximate surface area is 169 Å². The van der Waals surface area contributed by atoms with Gasteiger partial charge in [0.05, 0.1) is 42.1 Å². The lowest BCUT2D eigenvalue weighted by Gasteiger charge is -2.08. The van der Waals surface area contributed by atoms with Crippen LogP contribution in [0.3, 0.4) is 0 Å². The van der Waals surface area contributed by atoms with Crippen molar-refractivity contribution in [3.8, 4) is 11.5 Å². The van der Waals surface area contributed by atoms with Gasteiger partial charge in [0.25, 0.3) is 5.91 Å². The lowest BCUT2D eigenvalue weighted by molar-refractivity contribution is -0.141. The van der Waals surface area contributed by atoms with Crippen molar-refractivity contribution in [1.29, 1.82) is 0 Å². The van der Waals surface area contributed by atoms with E-state index in [1.165, 1.54) is 32.7 Å². The van der Waals surface area contributed by atoms with Crippen molar-refractivity contribution in [2.45, 2.75) is 6.54 Å². The summed E-state index contributed by atoms with van der Waals surface area (Å²) in [6.45, 7) is -0.119. The van der Waals surface area contributed by atoms with Crippen molar-refractivity contribution in [3.63, 3.8) is 0 Å². The maximum atomic E-state index is 12.8. The highest BCUT2D eigenvalue weighted by Crippen LogP contribution is 2.27. The van der Waals surface area contributed by atoms with Crippen LogP contribution >= 0.6 is 22.9 Å². The number of halogens is 1. The molecule has 0 bridgehead atoms. The van der Waals surface area contributed by atoms with Gasteiger partial charge in [-0.1, -0.05) is 29.0 Å². The molecular weight excluding hydrogens is 404 g/mol. The van der Waals surface area contributed by atoms with Crippen molar-refractivity contribution in [1.82, 2.24) is 4.57 Å². The highest BCUT2D eigenvalue weighted by molar-refractivity contribution is 7.16. The number of nitrogens with zero attached hydrogens (tertiary/aromatic N) is 2. The summed E-state index contributed by atoms with van der Waals surface area (Å²) in [7, 11) is 4.28. The third-order valence-electron chi connectivity index (χ3n) is 4.00. The molecule has 0 spiro atoms. The van der Waals surface area contributed by atoms with Crippen LogP contribution in [0, 0.1) is 0 Å². The molecule has 0 fully saturated rings. The molecule has 9 heteroatoms. The molecule has 146 valence electrons. The molecule has 0 N–H and O–H groups in total. The number of methoxy groups -OCH3 is 3. The highest BCUT2D eigenvalue weighted by Gasteiger charge is 2.17. The molecule has 7 nitrogen and oxygen atoms in total. The number of aromatic nitrogens is 1. The number of fused-ring (bicyclic) bond motifs is 1. The zero-order valence-corrected chi connectivity index (χ0v) is 17.0. The fraction of sp³-hybridized carbons (Fsp3) is 0.211. The minimum atomic E-state index is -0.513. The molecule has 0 radical (unpaired) electrons. The van der Waals surface area contributed by atoms with Crippen LogP contribution in [0.15, 0.2) is 41.4 Å². The normalized spacial score (nSPS) is 11.5. The SMILES string of the molecule is COC(=O)Cn1c(=NC(=O)c2ccc(OC)cc2OC)sc2cccc(Cl)c21. The summed E-state index contributed by atoms with van der Waals surface area (Å²) in [5.41, 5.74) is 0.893. The number of carbonyl (C=O) groups excluding carboxylic acids is 2. The first-order chi connectivity index (χ1) is 13.5. The third-order valence-corrected chi connectivity index (χ3v) is 5.35. The first-order valence-corrected chi connectivity index (χ1v) is 9.33. The van der Waals surface area contributed by atoms with Crippen molar-refractivity contribution >= 4 is 45.0 Å². The Morgan fingerprint density at radius 1 is 1.14 bits per heavy atom. The maximum absolute atomic E-state index is 12.8. The smallest absolute Gasteiger partial charge is 0.325 e. The monoisotopic (exact) mass is 420 g/mol. The summed E-state index contributed by atoms with van der Waals surface area (Å²) in [6, 6.07) is 10.2. The number of benzene rings is 2. The second kappa shape index (κ2) is 8.45. The van der Waals surface area contributed by atoms with Gasteiger partial charge in [0.15, 0.2) is 4.80 Å². The van der Waals surface area contributed by atoms with Crippen LogP contribution in [0.4, 0.5) is 0 Å². The average Bonchev–Trinajstić information content (AvgIpc) is 3.05. The van der Waals surface area contributed by atoms with Crippen LogP contribution in [-0.4, -0.2) is 37.8 Å². The zero-order valence-electron chi connectivity index (χ0n) is 15.4. The van der Waals surface area contributed by atoms with E-state index in [4.69, 9.17) is 25.8 Å². The van der Waals surface area contributed by atoms with E-state index < -0.39 is 11.9 Å². The van der Waals surface area contributed by atoms with E-state index in [0.29, 0.717) is 26.8 Å². The summed E-state index contributed by atoms with van der Waals surface area (Å²) in [6.07, 6.45) is 0. The molecule has 28 heavy (non-hydrogen) atoms. The summed E-state index contributed by atoms with van der Waals surface area (Å²) in [5.74, 6) is -0.0918. The maximum Gasteiger partial charge on any atom is 0.325 e. The summed E-state index contributed by atoms with van der Waals surface area (Å²) >= 11 is 7.56. The van der Waals surface area contributed by atoms with Crippen molar-refractivity contribution in [2.75, 3.05) is 21.3 Å². The Balaban J connectivity index is 2.16. The fourth-order valence-electron chi connectivity index (χ4n) is 2.63. The molecule has 0 aliphatic carbocycles. The number of para-hydroxylation sites is 1. The predicted octanol–water partition coefficient (Wildman–Crippen LogP) is 3.29. The number of hydrogen-bond donors (Lipinski definition) is 0. The van der Waals surface area contributed by atoms with Gasteiger partial charge in [-0.3, -0.25) is 9.59 Å². The topological polar surface area (TPSA) is 79.1 Å². The second-order valence-corrected chi connectivity index (χ2v) is 7.03. The number of amides is 1. The van der Waals surface area contributed by atoms with Gasteiger partial charge in [0.1, 0.15) is 18.0 Å². The highest BCUT2D eigenvalue weighted by atomic mass is 35.5. The Kier molecular flexibility index (Phi) is 6.01. The van der Waals surface area contributed by atoms with Crippen LogP contribution in [0.2, 0.25) is 5.02 Å². The Hall–Kier alpha value is -2.84. The van der Waals surface area contributed by atoms with Crippen molar-refractivity contribution < 1.29 is 23.8 Å². The minimum Gasteiger partial charge on any atom is -0.497 e. The summed E-state index contributed by atoms with van der Waals surface area (Å²) in [5, 5.41) is 0.452. The molecule has 0 saturated carbocycles. The molecule has 1 amide bonds. The van der Waals surface area contributed by atoms with Crippen LogP contribution in [-0.2, 0) is 16.1 Å². The van der Waals surface area contributed by atoms with Gasteiger partial charge in [-0.05, 0) is 24.3 Å². The summed E-state index contributed by atoms with van der Waals surface area (Å²) in [4.78, 5) is 29.2. The number of esters is 1.